The molecule has 1 atom stereocenters. The zero-order valence-corrected chi connectivity index (χ0v) is 20.7. The predicted octanol–water partition coefficient (Wildman–Crippen LogP) is 4.61. The average molecular weight is 513 g/mol. The van der Waals surface area contributed by atoms with Crippen molar-refractivity contribution in [1.29, 1.82) is 0 Å². The molecule has 2 N–H and O–H groups in total. The zero-order valence-electron chi connectivity index (χ0n) is 20.7. The number of likely N-dealkylation sites (tertiary alicyclic amines) is 1. The van der Waals surface area contributed by atoms with Crippen molar-refractivity contribution < 1.29 is 14.0 Å². The van der Waals surface area contributed by atoms with E-state index in [1.165, 1.54) is 11.6 Å². The van der Waals surface area contributed by atoms with Crippen LogP contribution in [0.1, 0.15) is 29.9 Å². The summed E-state index contributed by atoms with van der Waals surface area (Å²) in [6, 6.07) is 18.2. The molecule has 0 amide bonds. The standard InChI is InChI=1S/C28H27FN7O2/c29-23-5-1-2-6-24(23)36-26(21-11-13-30-14-12-21)25(32-34-36)28-31-27(33-38-28)22-9-7-19(8-10-22)16-35-15-3-4-20(17-35)18-37/h1-2,5-14,20,34,37H,3-4,15-18H2/q-1. The number of benzene rings is 2. The summed E-state index contributed by atoms with van der Waals surface area (Å²) in [5.41, 5.74) is 11.4. The van der Waals surface area contributed by atoms with Crippen molar-refractivity contribution >= 4 is 17.1 Å². The maximum absolute atomic E-state index is 14.7. The number of para-hydroxylation sites is 1. The summed E-state index contributed by atoms with van der Waals surface area (Å²) in [5.74, 6) is 0.610. The number of hydrogen-bond acceptors (Lipinski definition) is 8. The highest BCUT2D eigenvalue weighted by Crippen LogP contribution is 2.39. The van der Waals surface area contributed by atoms with Gasteiger partial charge in [0.25, 0.3) is 0 Å². The second-order valence-electron chi connectivity index (χ2n) is 9.48. The first-order chi connectivity index (χ1) is 18.7. The van der Waals surface area contributed by atoms with E-state index in [0.717, 1.165) is 43.6 Å². The van der Waals surface area contributed by atoms with E-state index < -0.39 is 5.82 Å². The number of nitrogens with zero attached hydrogens (tertiary/aromatic N) is 6. The lowest BCUT2D eigenvalue weighted by Crippen LogP contribution is -2.36. The number of rotatable bonds is 7. The first kappa shape index (κ1) is 24.2. The average Bonchev–Trinajstić information content (AvgIpc) is 3.62. The molecule has 194 valence electrons. The number of hydrogen-bond donors (Lipinski definition) is 2. The van der Waals surface area contributed by atoms with Gasteiger partial charge in [-0.15, -0.1) is 0 Å². The second-order valence-corrected chi connectivity index (χ2v) is 9.48. The molecule has 10 heteroatoms. The Labute approximate surface area is 219 Å². The Balaban J connectivity index is 1.27. The quantitative estimate of drug-likeness (QED) is 0.370. The number of anilines is 1. The Bertz CT molecular complexity index is 1420. The molecule has 6 rings (SSSR count). The van der Waals surface area contributed by atoms with Crippen molar-refractivity contribution in [2.24, 2.45) is 5.92 Å². The van der Waals surface area contributed by atoms with Crippen LogP contribution in [0.25, 0.3) is 28.2 Å². The molecule has 0 saturated carbocycles. The molecule has 2 aliphatic rings. The van der Waals surface area contributed by atoms with E-state index in [0.29, 0.717) is 28.8 Å². The van der Waals surface area contributed by atoms with Crippen LogP contribution >= 0.6 is 0 Å². The van der Waals surface area contributed by atoms with E-state index in [4.69, 9.17) is 4.52 Å². The maximum atomic E-state index is 14.7. The molecule has 1 fully saturated rings. The van der Waals surface area contributed by atoms with Crippen LogP contribution < -0.4 is 10.5 Å². The first-order valence-electron chi connectivity index (χ1n) is 12.6. The highest BCUT2D eigenvalue weighted by Gasteiger charge is 2.24. The Kier molecular flexibility index (Phi) is 6.82. The number of nitrogens with one attached hydrogen (secondary N) is 1. The largest absolute Gasteiger partial charge is 0.597 e. The lowest BCUT2D eigenvalue weighted by molar-refractivity contribution is 0.116. The highest BCUT2D eigenvalue weighted by molar-refractivity contribution is 6.01. The molecule has 2 aromatic heterocycles. The van der Waals surface area contributed by atoms with E-state index in [-0.39, 0.29) is 12.5 Å². The Morgan fingerprint density at radius 2 is 1.87 bits per heavy atom. The fourth-order valence-electron chi connectivity index (χ4n) is 4.94. The molecule has 4 heterocycles. The van der Waals surface area contributed by atoms with Gasteiger partial charge in [0, 0.05) is 43.2 Å². The predicted molar refractivity (Wildman–Crippen MR) is 141 cm³/mol. The van der Waals surface area contributed by atoms with Gasteiger partial charge in [0.05, 0.1) is 11.4 Å². The molecule has 2 aliphatic heterocycles. The summed E-state index contributed by atoms with van der Waals surface area (Å²) in [7, 11) is 0. The van der Waals surface area contributed by atoms with Crippen molar-refractivity contribution in [2.75, 3.05) is 24.7 Å². The zero-order chi connectivity index (χ0) is 25.9. The number of aromatic nitrogens is 3. The van der Waals surface area contributed by atoms with Gasteiger partial charge in [-0.1, -0.05) is 41.6 Å². The molecule has 1 saturated heterocycles. The third kappa shape index (κ3) is 4.89. The number of aliphatic hydroxyl groups excluding tert-OH is 1. The molecule has 9 nitrogen and oxygen atoms in total. The summed E-state index contributed by atoms with van der Waals surface area (Å²) < 4.78 is 20.3. The molecule has 1 unspecified atom stereocenters. The van der Waals surface area contributed by atoms with Gasteiger partial charge in [-0.25, -0.2) is 4.39 Å². The van der Waals surface area contributed by atoms with Gasteiger partial charge >= 0.3 is 0 Å². The molecule has 38 heavy (non-hydrogen) atoms. The monoisotopic (exact) mass is 512 g/mol. The smallest absolute Gasteiger partial charge is 0.239 e. The molecule has 0 spiro atoms. The minimum absolute atomic E-state index is 0.214. The summed E-state index contributed by atoms with van der Waals surface area (Å²) in [6.45, 7) is 3.05. The van der Waals surface area contributed by atoms with Crippen molar-refractivity contribution in [1.82, 2.24) is 25.6 Å². The van der Waals surface area contributed by atoms with E-state index in [2.05, 4.69) is 43.1 Å². The first-order valence-corrected chi connectivity index (χ1v) is 12.6. The fourth-order valence-corrected chi connectivity index (χ4v) is 4.94. The normalized spacial score (nSPS) is 18.2. The van der Waals surface area contributed by atoms with E-state index in [9.17, 15) is 9.50 Å². The van der Waals surface area contributed by atoms with Gasteiger partial charge < -0.3 is 20.6 Å². The van der Waals surface area contributed by atoms with Gasteiger partial charge in [-0.05, 0) is 60.8 Å². The Morgan fingerprint density at radius 3 is 2.66 bits per heavy atom. The van der Waals surface area contributed by atoms with Crippen molar-refractivity contribution in [3.05, 3.63) is 101 Å². The molecule has 0 aliphatic carbocycles. The SMILES string of the molecule is OCC1CCCN(Cc2ccc(-c3noc(C4=C(c5ccncc5)N(c5ccccc5F)N[N-]4)n3)cc2)C1. The van der Waals surface area contributed by atoms with Crippen molar-refractivity contribution in [3.8, 4) is 11.4 Å². The minimum atomic E-state index is -0.397. The number of halogens is 1. The maximum Gasteiger partial charge on any atom is 0.239 e. The molecule has 0 bridgehead atoms. The van der Waals surface area contributed by atoms with Gasteiger partial charge in [-0.2, -0.15) is 4.98 Å². The van der Waals surface area contributed by atoms with Crippen LogP contribution in [0.2, 0.25) is 0 Å². The van der Waals surface area contributed by atoms with Crippen molar-refractivity contribution in [3.63, 3.8) is 0 Å². The number of hydrazine groups is 1. The molecular formula is C28H27FN7O2-. The Morgan fingerprint density at radius 1 is 1.05 bits per heavy atom. The van der Waals surface area contributed by atoms with Crippen molar-refractivity contribution in [2.45, 2.75) is 19.4 Å². The van der Waals surface area contributed by atoms with Crippen LogP contribution in [0, 0.1) is 11.7 Å². The van der Waals surface area contributed by atoms with E-state index >= 15 is 0 Å². The van der Waals surface area contributed by atoms with Gasteiger partial charge in [0.2, 0.25) is 11.7 Å². The van der Waals surface area contributed by atoms with E-state index in [1.54, 1.807) is 35.6 Å². The Hall–Kier alpha value is -4.12. The number of pyridine rings is 1. The molecule has 4 aromatic rings. The van der Waals surface area contributed by atoms with Crippen LogP contribution in [0.15, 0.2) is 77.6 Å². The lowest BCUT2D eigenvalue weighted by atomic mass is 9.98. The molecule has 0 radical (unpaired) electrons. The number of aliphatic hydroxyl groups is 1. The second kappa shape index (κ2) is 10.7. The van der Waals surface area contributed by atoms with Gasteiger partial charge in [-0.3, -0.25) is 14.9 Å². The number of piperidine rings is 1. The summed E-state index contributed by atoms with van der Waals surface area (Å²) in [4.78, 5) is 11.1. The highest BCUT2D eigenvalue weighted by atomic mass is 19.1. The summed E-state index contributed by atoms with van der Waals surface area (Å²) in [5, 5.41) is 15.2. The van der Waals surface area contributed by atoms with Gasteiger partial charge in [0.1, 0.15) is 5.82 Å². The van der Waals surface area contributed by atoms with E-state index in [1.807, 2.05) is 24.3 Å². The van der Waals surface area contributed by atoms with Crippen LogP contribution in [-0.4, -0.2) is 44.8 Å². The summed E-state index contributed by atoms with van der Waals surface area (Å²) >= 11 is 0. The van der Waals surface area contributed by atoms with Crippen LogP contribution in [0.5, 0.6) is 0 Å². The molecule has 2 aromatic carbocycles. The third-order valence-electron chi connectivity index (χ3n) is 6.87. The third-order valence-corrected chi connectivity index (χ3v) is 6.87. The topological polar surface area (TPSA) is 105 Å². The fraction of sp³-hybridized carbons (Fsp3) is 0.250. The van der Waals surface area contributed by atoms with Crippen LogP contribution in [-0.2, 0) is 6.54 Å². The minimum Gasteiger partial charge on any atom is -0.597 e. The molecular weight excluding hydrogens is 485 g/mol. The summed E-state index contributed by atoms with van der Waals surface area (Å²) in [6.07, 6.45) is 5.52. The van der Waals surface area contributed by atoms with Gasteiger partial charge in [0.15, 0.2) is 0 Å². The lowest BCUT2D eigenvalue weighted by Gasteiger charge is -2.31. The van der Waals surface area contributed by atoms with Crippen LogP contribution in [0.3, 0.4) is 0 Å². The van der Waals surface area contributed by atoms with Crippen LogP contribution in [0.4, 0.5) is 10.1 Å².